The summed E-state index contributed by atoms with van der Waals surface area (Å²) in [5.41, 5.74) is 22.3. The van der Waals surface area contributed by atoms with E-state index in [1.54, 1.807) is 6.07 Å². The van der Waals surface area contributed by atoms with Crippen molar-refractivity contribution in [2.75, 3.05) is 0 Å². The maximum Gasteiger partial charge on any atom is 0.198 e. The van der Waals surface area contributed by atoms with E-state index < -0.39 is 0 Å². The Hall–Kier alpha value is -9.50. The van der Waals surface area contributed by atoms with Crippen molar-refractivity contribution in [2.45, 2.75) is 187 Å². The zero-order valence-corrected chi connectivity index (χ0v) is 58.6. The van der Waals surface area contributed by atoms with Crippen molar-refractivity contribution in [3.05, 3.63) is 218 Å². The van der Waals surface area contributed by atoms with Crippen LogP contribution in [-0.4, -0.2) is 64.4 Å². The van der Waals surface area contributed by atoms with E-state index >= 15 is 0 Å². The molecule has 5 N–H and O–H groups in total. The Morgan fingerprint density at radius 3 is 1.60 bits per heavy atom. The van der Waals surface area contributed by atoms with Gasteiger partial charge in [0, 0.05) is 71.4 Å². The molecule has 0 aliphatic carbocycles. The Labute approximate surface area is 555 Å². The van der Waals surface area contributed by atoms with Gasteiger partial charge in [0.1, 0.15) is 34.6 Å². The molecule has 8 heterocycles. The second-order valence-electron chi connectivity index (χ2n) is 26.5. The highest BCUT2D eigenvalue weighted by Crippen LogP contribution is 2.26. The molecule has 0 aliphatic heterocycles. The topological polar surface area (TPSA) is 204 Å². The molecule has 94 heavy (non-hydrogen) atoms. The first-order valence-electron chi connectivity index (χ1n) is 32.8. The smallest absolute Gasteiger partial charge is 0.198 e. The van der Waals surface area contributed by atoms with E-state index in [9.17, 15) is 4.79 Å². The minimum absolute atomic E-state index is 0. The lowest BCUT2D eigenvalue weighted by atomic mass is 10.1. The third-order valence-corrected chi connectivity index (χ3v) is 16.2. The van der Waals surface area contributed by atoms with Gasteiger partial charge < -0.3 is 33.9 Å². The van der Waals surface area contributed by atoms with Gasteiger partial charge in [-0.05, 0) is 154 Å². The molecular weight excluding hydrogens is 1160 g/mol. The van der Waals surface area contributed by atoms with Crippen LogP contribution in [0, 0.1) is 41.5 Å². The molecule has 15 heteroatoms. The number of pyridine rings is 2. The number of aromatic nitrogens is 13. The first kappa shape index (κ1) is 71.9. The average molecular weight is 1260 g/mol. The van der Waals surface area contributed by atoms with Crippen LogP contribution in [-0.2, 0) is 7.05 Å². The van der Waals surface area contributed by atoms with E-state index in [-0.39, 0.29) is 12.9 Å². The summed E-state index contributed by atoms with van der Waals surface area (Å²) in [6.45, 7) is 42.4. The molecule has 14 rings (SSSR count). The number of hydrogen-bond acceptors (Lipinski definition) is 9. The molecular formula is C79H101N13O2. The molecule has 15 nitrogen and oxygen atoms in total. The molecule has 0 saturated carbocycles. The minimum atomic E-state index is 0. The predicted octanol–water partition coefficient (Wildman–Crippen LogP) is 20.9. The second kappa shape index (κ2) is 31.9. The Morgan fingerprint density at radius 2 is 0.968 bits per heavy atom. The minimum Gasteiger partial charge on any atom is -0.440 e. The molecule has 0 unspecified atom stereocenters. The van der Waals surface area contributed by atoms with Crippen molar-refractivity contribution >= 4 is 77.3 Å². The first-order chi connectivity index (χ1) is 44.1. The van der Waals surface area contributed by atoms with Gasteiger partial charge in [0.05, 0.1) is 49.7 Å². The lowest BCUT2D eigenvalue weighted by Gasteiger charge is -2.06. The third-order valence-electron chi connectivity index (χ3n) is 16.2. The number of nitrogens with zero attached hydrogens (tertiary/aromatic N) is 8. The fourth-order valence-corrected chi connectivity index (χ4v) is 10.2. The fourth-order valence-electron chi connectivity index (χ4n) is 10.2. The second-order valence-corrected chi connectivity index (χ2v) is 26.5. The van der Waals surface area contributed by atoms with Crippen LogP contribution in [0.4, 0.5) is 0 Å². The Kier molecular flexibility index (Phi) is 24.4. The number of nitrogens with one attached hydrogen (secondary N) is 5. The molecule has 494 valence electrons. The van der Waals surface area contributed by atoms with E-state index in [4.69, 9.17) is 4.42 Å². The van der Waals surface area contributed by atoms with E-state index in [0.717, 1.165) is 118 Å². The lowest BCUT2D eigenvalue weighted by molar-refractivity contribution is 0.501. The molecule has 6 aromatic carbocycles. The van der Waals surface area contributed by atoms with Gasteiger partial charge in [0.2, 0.25) is 0 Å². The number of para-hydroxylation sites is 5. The average Bonchev–Trinajstić information content (AvgIpc) is 1.41. The van der Waals surface area contributed by atoms with Crippen LogP contribution in [0.15, 0.2) is 143 Å². The molecule has 0 bridgehead atoms. The predicted molar refractivity (Wildman–Crippen MR) is 395 cm³/mol. The monoisotopic (exact) mass is 1260 g/mol. The molecule has 0 radical (unpaired) electrons. The van der Waals surface area contributed by atoms with Crippen molar-refractivity contribution in [3.63, 3.8) is 0 Å². The van der Waals surface area contributed by atoms with Gasteiger partial charge in [-0.3, -0.25) is 4.79 Å². The van der Waals surface area contributed by atoms with E-state index in [1.807, 2.05) is 73.8 Å². The third kappa shape index (κ3) is 18.0. The number of fused-ring (bicyclic) bond motifs is 7. The van der Waals surface area contributed by atoms with Gasteiger partial charge in [-0.2, -0.15) is 0 Å². The van der Waals surface area contributed by atoms with E-state index in [2.05, 4.69) is 264 Å². The summed E-state index contributed by atoms with van der Waals surface area (Å²) in [5, 5.41) is 0.761. The number of aryl methyl sites for hydroxylation is 7. The van der Waals surface area contributed by atoms with Gasteiger partial charge in [-0.1, -0.05) is 153 Å². The highest BCUT2D eigenvalue weighted by atomic mass is 16.3. The summed E-state index contributed by atoms with van der Waals surface area (Å²) >= 11 is 0. The van der Waals surface area contributed by atoms with Gasteiger partial charge in [-0.25, -0.2) is 34.9 Å². The molecule has 0 aliphatic rings. The summed E-state index contributed by atoms with van der Waals surface area (Å²) in [5.74, 6) is 9.21. The van der Waals surface area contributed by atoms with Crippen molar-refractivity contribution < 1.29 is 4.42 Å². The summed E-state index contributed by atoms with van der Waals surface area (Å²) in [6.07, 6.45) is 1.84. The zero-order chi connectivity index (χ0) is 67.5. The Bertz CT molecular complexity index is 4670. The summed E-state index contributed by atoms with van der Waals surface area (Å²) in [4.78, 5) is 59.5. The molecule has 14 aromatic rings. The molecule has 0 fully saturated rings. The van der Waals surface area contributed by atoms with Gasteiger partial charge >= 0.3 is 0 Å². The lowest BCUT2D eigenvalue weighted by Crippen LogP contribution is -2.05. The number of H-pyrrole nitrogens is 5. The van der Waals surface area contributed by atoms with Crippen molar-refractivity contribution in [1.29, 1.82) is 0 Å². The molecule has 8 aromatic heterocycles. The molecule has 0 saturated heterocycles. The Balaban J connectivity index is 0.000000155. The van der Waals surface area contributed by atoms with Crippen LogP contribution in [0.1, 0.15) is 220 Å². The normalized spacial score (nSPS) is 11.2. The largest absolute Gasteiger partial charge is 0.440 e. The number of benzene rings is 6. The fraction of sp³-hybridized carbons (Fsp3) is 0.367. The molecule has 0 amide bonds. The number of rotatable bonds is 7. The van der Waals surface area contributed by atoms with Crippen molar-refractivity contribution in [1.82, 2.24) is 64.4 Å². The van der Waals surface area contributed by atoms with Crippen LogP contribution in [0.2, 0.25) is 0 Å². The van der Waals surface area contributed by atoms with Gasteiger partial charge in [-0.15, -0.1) is 0 Å². The maximum atomic E-state index is 11.7. The van der Waals surface area contributed by atoms with E-state index in [0.29, 0.717) is 41.4 Å². The van der Waals surface area contributed by atoms with Crippen LogP contribution >= 0.6 is 0 Å². The summed E-state index contributed by atoms with van der Waals surface area (Å²) < 4.78 is 7.68. The van der Waals surface area contributed by atoms with Crippen LogP contribution < -0.4 is 5.43 Å². The molecule has 0 atom stereocenters. The van der Waals surface area contributed by atoms with Crippen molar-refractivity contribution in [3.8, 4) is 0 Å². The van der Waals surface area contributed by atoms with Gasteiger partial charge in [0.15, 0.2) is 22.5 Å². The van der Waals surface area contributed by atoms with Crippen LogP contribution in [0.5, 0.6) is 0 Å². The van der Waals surface area contributed by atoms with Gasteiger partial charge in [0.25, 0.3) is 0 Å². The SMILES string of the molecule is C.CC(C)c1cc(=O)c2ccccc2[nH]1.CC(C)c1nc2ccccc2n1C.CC(C)c1nc2ccccc2o1.Cc1cc2nc(C(C)C)[nH]c2cc1C.Cc1ccc2[nH]c(C(C)C)nc2c1C.Cc1ccc2nc(C(C)C)[nH]c2c1.Cc1cnc2nc(C(C)C)[nH]c2c1. The number of imidazole rings is 5. The van der Waals surface area contributed by atoms with Crippen molar-refractivity contribution in [2.24, 2.45) is 7.05 Å². The highest BCUT2D eigenvalue weighted by Gasteiger charge is 2.14. The Morgan fingerprint density at radius 1 is 0.415 bits per heavy atom. The summed E-state index contributed by atoms with van der Waals surface area (Å²) in [6, 6.07) is 42.3. The number of hydrogen-bond donors (Lipinski definition) is 5. The number of oxazole rings is 1. The quantitative estimate of drug-likeness (QED) is 0.103. The molecule has 0 spiro atoms. The van der Waals surface area contributed by atoms with Crippen LogP contribution in [0.25, 0.3) is 77.3 Å². The zero-order valence-electron chi connectivity index (χ0n) is 58.6. The maximum absolute atomic E-state index is 11.7. The highest BCUT2D eigenvalue weighted by molar-refractivity contribution is 5.81. The first-order valence-corrected chi connectivity index (χ1v) is 32.8. The standard InChI is InChI=1S/2C12H16N2.C12H13NO.2C11H14N2.C10H13N3.C10H11NO.CH4/c1-7(2)12-13-10-5-8(3)9(4)6-11(10)14-12;1-7(2)12-13-10-6-5-8(3)9(4)11(10)14-12;1-8(2)11-7-12(14)9-5-3-4-6-10(9)13-11;1-7(2)11-12-9-5-4-8(3)6-10(9)13-11;1-8(2)11-12-9-6-4-5-7-10(9)13(11)3;1-6(2)9-12-8-4-7(3)5-11-10(8)13-9;1-7(2)10-11-8-5-3-4-6-9(8)12-10;/h2*5-7H,1-4H3,(H,13,14);3-8H,1-2H3,(H,13,14);4-7H,1-3H3,(H,12,13);4-8H,1-3H3;4-6H,1-3H3,(H,11,12,13);3-7H,1-2H3;1H4. The van der Waals surface area contributed by atoms with Crippen LogP contribution in [0.3, 0.4) is 0 Å². The summed E-state index contributed by atoms with van der Waals surface area (Å²) in [7, 11) is 2.07. The number of aromatic amines is 5. The van der Waals surface area contributed by atoms with E-state index in [1.165, 1.54) is 33.3 Å².